The number of halogens is 1. The first-order valence-corrected chi connectivity index (χ1v) is 6.04. The lowest BCUT2D eigenvalue weighted by Gasteiger charge is -2.25. The summed E-state index contributed by atoms with van der Waals surface area (Å²) in [5, 5.41) is 0. The second-order valence-corrected chi connectivity index (χ2v) is 4.67. The highest BCUT2D eigenvalue weighted by Gasteiger charge is 2.12. The van der Waals surface area contributed by atoms with Gasteiger partial charge in [0.2, 0.25) is 0 Å². The van der Waals surface area contributed by atoms with E-state index in [2.05, 4.69) is 17.9 Å². The highest BCUT2D eigenvalue weighted by molar-refractivity contribution is 5.24. The molecule has 0 amide bonds. The van der Waals surface area contributed by atoms with Crippen LogP contribution in [0.3, 0.4) is 0 Å². The standard InChI is InChI=1S/C14H19FN2/c1-11-4-6-17(7-5-11)10-13-3-2-12(9-16)8-14(13)15/h2-4,8H,5-7,9-10,16H2,1H3. The molecule has 2 nitrogen and oxygen atoms in total. The largest absolute Gasteiger partial charge is 0.326 e. The topological polar surface area (TPSA) is 29.3 Å². The Hall–Kier alpha value is -1.19. The average Bonchev–Trinajstić information content (AvgIpc) is 2.34. The van der Waals surface area contributed by atoms with Gasteiger partial charge in [-0.1, -0.05) is 23.8 Å². The maximum Gasteiger partial charge on any atom is 0.128 e. The van der Waals surface area contributed by atoms with Gasteiger partial charge in [-0.15, -0.1) is 0 Å². The quantitative estimate of drug-likeness (QED) is 0.814. The molecular formula is C14H19FN2. The summed E-state index contributed by atoms with van der Waals surface area (Å²) >= 11 is 0. The third-order valence-electron chi connectivity index (χ3n) is 3.27. The van der Waals surface area contributed by atoms with Crippen molar-refractivity contribution in [1.82, 2.24) is 4.90 Å². The molecule has 0 saturated heterocycles. The molecule has 1 aliphatic rings. The second-order valence-electron chi connectivity index (χ2n) is 4.67. The third-order valence-corrected chi connectivity index (χ3v) is 3.27. The van der Waals surface area contributed by atoms with E-state index in [9.17, 15) is 4.39 Å². The summed E-state index contributed by atoms with van der Waals surface area (Å²) in [6.07, 6.45) is 3.30. The van der Waals surface area contributed by atoms with Crippen molar-refractivity contribution >= 4 is 0 Å². The average molecular weight is 234 g/mol. The van der Waals surface area contributed by atoms with E-state index in [4.69, 9.17) is 5.73 Å². The van der Waals surface area contributed by atoms with E-state index in [-0.39, 0.29) is 5.82 Å². The Bertz CT molecular complexity index is 426. The highest BCUT2D eigenvalue weighted by Crippen LogP contribution is 2.16. The fourth-order valence-electron chi connectivity index (χ4n) is 2.04. The van der Waals surface area contributed by atoms with Gasteiger partial charge in [0.15, 0.2) is 0 Å². The highest BCUT2D eigenvalue weighted by atomic mass is 19.1. The summed E-state index contributed by atoms with van der Waals surface area (Å²) in [4.78, 5) is 2.26. The second kappa shape index (κ2) is 5.43. The summed E-state index contributed by atoms with van der Waals surface area (Å²) in [5.74, 6) is -0.140. The summed E-state index contributed by atoms with van der Waals surface area (Å²) in [6.45, 7) is 5.15. The van der Waals surface area contributed by atoms with Crippen LogP contribution in [0.25, 0.3) is 0 Å². The van der Waals surface area contributed by atoms with Crippen LogP contribution in [0.5, 0.6) is 0 Å². The van der Waals surface area contributed by atoms with Crippen LogP contribution in [0.1, 0.15) is 24.5 Å². The maximum absolute atomic E-state index is 13.8. The number of nitrogens with zero attached hydrogens (tertiary/aromatic N) is 1. The Morgan fingerprint density at radius 2 is 2.24 bits per heavy atom. The minimum Gasteiger partial charge on any atom is -0.326 e. The van der Waals surface area contributed by atoms with Crippen LogP contribution in [-0.2, 0) is 13.1 Å². The smallest absolute Gasteiger partial charge is 0.128 e. The first-order valence-electron chi connectivity index (χ1n) is 6.04. The predicted octanol–water partition coefficient (Wildman–Crippen LogP) is 2.44. The van der Waals surface area contributed by atoms with E-state index < -0.39 is 0 Å². The minimum atomic E-state index is -0.140. The predicted molar refractivity (Wildman–Crippen MR) is 67.9 cm³/mol. The number of hydrogen-bond acceptors (Lipinski definition) is 2. The molecule has 1 aromatic rings. The zero-order valence-corrected chi connectivity index (χ0v) is 10.2. The monoisotopic (exact) mass is 234 g/mol. The van der Waals surface area contributed by atoms with Crippen molar-refractivity contribution in [3.8, 4) is 0 Å². The van der Waals surface area contributed by atoms with Crippen LogP contribution < -0.4 is 5.73 Å². The first-order chi connectivity index (χ1) is 8.19. The van der Waals surface area contributed by atoms with Gasteiger partial charge in [-0.3, -0.25) is 4.90 Å². The van der Waals surface area contributed by atoms with Gasteiger partial charge in [-0.2, -0.15) is 0 Å². The lowest BCUT2D eigenvalue weighted by atomic mass is 10.1. The first kappa shape index (κ1) is 12.3. The van der Waals surface area contributed by atoms with Crippen LogP contribution in [0, 0.1) is 5.82 Å². The number of nitrogens with two attached hydrogens (primary N) is 1. The van der Waals surface area contributed by atoms with Crippen molar-refractivity contribution in [1.29, 1.82) is 0 Å². The summed E-state index contributed by atoms with van der Waals surface area (Å²) in [7, 11) is 0. The van der Waals surface area contributed by atoms with Gasteiger partial charge in [-0.05, 0) is 25.0 Å². The van der Waals surface area contributed by atoms with Gasteiger partial charge in [0, 0.05) is 31.7 Å². The van der Waals surface area contributed by atoms with E-state index in [0.29, 0.717) is 13.1 Å². The van der Waals surface area contributed by atoms with Crippen molar-refractivity contribution in [2.75, 3.05) is 13.1 Å². The van der Waals surface area contributed by atoms with Crippen molar-refractivity contribution in [2.45, 2.75) is 26.4 Å². The zero-order chi connectivity index (χ0) is 12.3. The fraction of sp³-hybridized carbons (Fsp3) is 0.429. The Labute approximate surface area is 102 Å². The molecule has 1 heterocycles. The third kappa shape index (κ3) is 3.14. The van der Waals surface area contributed by atoms with E-state index in [1.165, 1.54) is 5.57 Å². The molecule has 0 unspecified atom stereocenters. The van der Waals surface area contributed by atoms with Gasteiger partial charge < -0.3 is 5.73 Å². The normalized spacial score (nSPS) is 17.0. The van der Waals surface area contributed by atoms with Gasteiger partial charge in [0.1, 0.15) is 5.82 Å². The minimum absolute atomic E-state index is 0.140. The van der Waals surface area contributed by atoms with Gasteiger partial charge >= 0.3 is 0 Å². The van der Waals surface area contributed by atoms with E-state index in [1.807, 2.05) is 12.1 Å². The lowest BCUT2D eigenvalue weighted by molar-refractivity contribution is 0.282. The van der Waals surface area contributed by atoms with E-state index in [1.54, 1.807) is 6.07 Å². The molecule has 17 heavy (non-hydrogen) atoms. The van der Waals surface area contributed by atoms with Crippen molar-refractivity contribution in [3.05, 3.63) is 46.8 Å². The van der Waals surface area contributed by atoms with Crippen molar-refractivity contribution in [3.63, 3.8) is 0 Å². The maximum atomic E-state index is 13.8. The van der Waals surface area contributed by atoms with Crippen LogP contribution in [0.4, 0.5) is 4.39 Å². The number of benzene rings is 1. The van der Waals surface area contributed by atoms with Crippen LogP contribution in [0.2, 0.25) is 0 Å². The fourth-order valence-corrected chi connectivity index (χ4v) is 2.04. The molecular weight excluding hydrogens is 215 g/mol. The molecule has 0 atom stereocenters. The van der Waals surface area contributed by atoms with Crippen LogP contribution in [0.15, 0.2) is 29.8 Å². The van der Waals surface area contributed by atoms with E-state index in [0.717, 1.165) is 30.6 Å². The summed E-state index contributed by atoms with van der Waals surface area (Å²) in [6, 6.07) is 5.30. The van der Waals surface area contributed by atoms with Gasteiger partial charge in [0.05, 0.1) is 0 Å². The van der Waals surface area contributed by atoms with Crippen LogP contribution in [-0.4, -0.2) is 18.0 Å². The Balaban J connectivity index is 2.04. The van der Waals surface area contributed by atoms with Crippen molar-refractivity contribution < 1.29 is 4.39 Å². The Kier molecular flexibility index (Phi) is 3.92. The Morgan fingerprint density at radius 3 is 2.82 bits per heavy atom. The molecule has 0 aromatic heterocycles. The van der Waals surface area contributed by atoms with Gasteiger partial charge in [0.25, 0.3) is 0 Å². The van der Waals surface area contributed by atoms with E-state index >= 15 is 0 Å². The molecule has 92 valence electrons. The molecule has 1 aromatic carbocycles. The molecule has 2 rings (SSSR count). The lowest BCUT2D eigenvalue weighted by Crippen LogP contribution is -2.28. The molecule has 0 bridgehead atoms. The molecule has 0 fully saturated rings. The molecule has 1 aliphatic heterocycles. The van der Waals surface area contributed by atoms with Crippen molar-refractivity contribution in [2.24, 2.45) is 5.73 Å². The molecule has 2 N–H and O–H groups in total. The molecule has 0 saturated carbocycles. The molecule has 0 radical (unpaired) electrons. The SMILES string of the molecule is CC1=CCN(Cc2ccc(CN)cc2F)CC1. The number of hydrogen-bond donors (Lipinski definition) is 1. The summed E-state index contributed by atoms with van der Waals surface area (Å²) in [5.41, 5.74) is 8.52. The molecule has 0 aliphatic carbocycles. The molecule has 3 heteroatoms. The molecule has 0 spiro atoms. The van der Waals surface area contributed by atoms with Crippen LogP contribution >= 0.6 is 0 Å². The zero-order valence-electron chi connectivity index (χ0n) is 10.2. The number of rotatable bonds is 3. The Morgan fingerprint density at radius 1 is 1.41 bits per heavy atom. The summed E-state index contributed by atoms with van der Waals surface area (Å²) < 4.78 is 13.8. The van der Waals surface area contributed by atoms with Gasteiger partial charge in [-0.25, -0.2) is 4.39 Å².